The van der Waals surface area contributed by atoms with E-state index in [1.807, 2.05) is 17.4 Å². The molecule has 0 spiro atoms. The summed E-state index contributed by atoms with van der Waals surface area (Å²) in [5.41, 5.74) is 0.851. The molecule has 6 heteroatoms. The van der Waals surface area contributed by atoms with Gasteiger partial charge >= 0.3 is 0 Å². The Morgan fingerprint density at radius 2 is 2.04 bits per heavy atom. The second-order valence-electron chi connectivity index (χ2n) is 7.61. The molecule has 2 aromatic rings. The van der Waals surface area contributed by atoms with Gasteiger partial charge < -0.3 is 15.0 Å². The molecule has 0 atom stereocenters. The van der Waals surface area contributed by atoms with E-state index in [2.05, 4.69) is 53.5 Å². The molecule has 1 N–H and O–H groups in total. The number of piperidine rings is 1. The number of nitrogens with one attached hydrogen (secondary N) is 1. The lowest BCUT2D eigenvalue weighted by Gasteiger charge is -2.33. The average molecular weight is 361 g/mol. The van der Waals surface area contributed by atoms with Crippen LogP contribution in [-0.4, -0.2) is 36.2 Å². The highest BCUT2D eigenvalue weighted by molar-refractivity contribution is 7.14. The van der Waals surface area contributed by atoms with Crippen LogP contribution in [0.25, 0.3) is 0 Å². The van der Waals surface area contributed by atoms with Crippen LogP contribution in [0.4, 0.5) is 10.8 Å². The van der Waals surface area contributed by atoms with E-state index in [1.54, 1.807) is 7.11 Å². The van der Waals surface area contributed by atoms with Crippen LogP contribution < -0.4 is 10.2 Å². The number of ether oxygens (including phenoxy) is 1. The lowest BCUT2D eigenvalue weighted by atomic mass is 9.95. The van der Waals surface area contributed by atoms with Crippen molar-refractivity contribution in [2.24, 2.45) is 0 Å². The van der Waals surface area contributed by atoms with Gasteiger partial charge in [0.2, 0.25) is 0 Å². The first-order chi connectivity index (χ1) is 12.0. The van der Waals surface area contributed by atoms with Crippen molar-refractivity contribution in [3.05, 3.63) is 35.1 Å². The number of hydrogen-bond acceptors (Lipinski definition) is 6. The molecule has 3 heterocycles. The van der Waals surface area contributed by atoms with Gasteiger partial charge in [0.25, 0.3) is 0 Å². The van der Waals surface area contributed by atoms with Crippen LogP contribution >= 0.6 is 11.3 Å². The summed E-state index contributed by atoms with van der Waals surface area (Å²) in [6, 6.07) is 6.80. The molecule has 0 bridgehead atoms. The van der Waals surface area contributed by atoms with E-state index in [0.29, 0.717) is 12.6 Å². The summed E-state index contributed by atoms with van der Waals surface area (Å²) >= 11 is 1.82. The summed E-state index contributed by atoms with van der Waals surface area (Å²) in [7, 11) is 1.70. The molecule has 1 saturated heterocycles. The molecule has 0 aromatic carbocycles. The highest BCUT2D eigenvalue weighted by atomic mass is 32.1. The maximum atomic E-state index is 5.27. The molecular formula is C19H28N4OS. The third-order valence-corrected chi connectivity index (χ3v) is 5.34. The number of rotatable bonds is 5. The zero-order valence-electron chi connectivity index (χ0n) is 15.6. The van der Waals surface area contributed by atoms with Gasteiger partial charge in [-0.05, 0) is 30.4 Å². The van der Waals surface area contributed by atoms with E-state index in [9.17, 15) is 0 Å². The van der Waals surface area contributed by atoms with E-state index in [0.717, 1.165) is 43.3 Å². The first-order valence-corrected chi connectivity index (χ1v) is 9.76. The van der Waals surface area contributed by atoms with E-state index < -0.39 is 0 Å². The van der Waals surface area contributed by atoms with Crippen molar-refractivity contribution < 1.29 is 4.74 Å². The summed E-state index contributed by atoms with van der Waals surface area (Å²) in [5, 5.41) is 7.15. The predicted octanol–water partition coefficient (Wildman–Crippen LogP) is 4.06. The Balaban J connectivity index is 1.67. The number of anilines is 2. The van der Waals surface area contributed by atoms with E-state index in [1.165, 1.54) is 5.00 Å². The van der Waals surface area contributed by atoms with Crippen LogP contribution in [0.5, 0.6) is 0 Å². The Bertz CT molecular complexity index is 673. The van der Waals surface area contributed by atoms with Crippen LogP contribution in [0.2, 0.25) is 0 Å². The number of thiophene rings is 1. The molecule has 0 saturated carbocycles. The van der Waals surface area contributed by atoms with Crippen LogP contribution in [0.3, 0.4) is 0 Å². The fourth-order valence-electron chi connectivity index (χ4n) is 3.03. The SMILES string of the molecule is COCc1cc(NC2CCN(c3cccs3)CC2)nc(C(C)(C)C)n1. The number of nitrogens with zero attached hydrogens (tertiary/aromatic N) is 3. The van der Waals surface area contributed by atoms with Gasteiger partial charge in [-0.2, -0.15) is 0 Å². The lowest BCUT2D eigenvalue weighted by molar-refractivity contribution is 0.181. The van der Waals surface area contributed by atoms with Crippen LogP contribution in [-0.2, 0) is 16.8 Å². The Kier molecular flexibility index (Phi) is 5.59. The second-order valence-corrected chi connectivity index (χ2v) is 8.53. The van der Waals surface area contributed by atoms with Crippen LogP contribution in [0.15, 0.2) is 23.6 Å². The van der Waals surface area contributed by atoms with Crippen molar-refractivity contribution in [2.75, 3.05) is 30.4 Å². The zero-order valence-corrected chi connectivity index (χ0v) is 16.4. The molecule has 0 radical (unpaired) electrons. The Morgan fingerprint density at radius 3 is 2.64 bits per heavy atom. The van der Waals surface area contributed by atoms with Crippen molar-refractivity contribution in [1.29, 1.82) is 0 Å². The third-order valence-electron chi connectivity index (χ3n) is 4.41. The van der Waals surface area contributed by atoms with Gasteiger partial charge in [-0.25, -0.2) is 9.97 Å². The molecule has 0 unspecified atom stereocenters. The summed E-state index contributed by atoms with van der Waals surface area (Å²) in [6.45, 7) is 9.10. The van der Waals surface area contributed by atoms with Gasteiger partial charge in [0.15, 0.2) is 0 Å². The molecule has 5 nitrogen and oxygen atoms in total. The largest absolute Gasteiger partial charge is 0.378 e. The second kappa shape index (κ2) is 7.70. The molecule has 0 amide bonds. The first kappa shape index (κ1) is 18.1. The zero-order chi connectivity index (χ0) is 17.9. The van der Waals surface area contributed by atoms with E-state index in [4.69, 9.17) is 9.72 Å². The summed E-state index contributed by atoms with van der Waals surface area (Å²) in [6.07, 6.45) is 2.23. The average Bonchev–Trinajstić information content (AvgIpc) is 3.09. The van der Waals surface area contributed by atoms with E-state index >= 15 is 0 Å². The molecular weight excluding hydrogens is 332 g/mol. The van der Waals surface area contributed by atoms with Crippen LogP contribution in [0.1, 0.15) is 45.1 Å². The lowest BCUT2D eigenvalue weighted by Crippen LogP contribution is -2.39. The predicted molar refractivity (Wildman–Crippen MR) is 105 cm³/mol. The first-order valence-electron chi connectivity index (χ1n) is 8.88. The van der Waals surface area contributed by atoms with Gasteiger partial charge in [0.1, 0.15) is 11.6 Å². The van der Waals surface area contributed by atoms with Crippen molar-refractivity contribution >= 4 is 22.2 Å². The Labute approximate surface area is 154 Å². The van der Waals surface area contributed by atoms with Gasteiger partial charge in [-0.3, -0.25) is 0 Å². The van der Waals surface area contributed by atoms with Gasteiger partial charge in [0.05, 0.1) is 17.3 Å². The van der Waals surface area contributed by atoms with Gasteiger partial charge in [-0.1, -0.05) is 20.8 Å². The molecule has 25 heavy (non-hydrogen) atoms. The molecule has 3 rings (SSSR count). The van der Waals surface area contributed by atoms with Crippen molar-refractivity contribution in [1.82, 2.24) is 9.97 Å². The smallest absolute Gasteiger partial charge is 0.136 e. The van der Waals surface area contributed by atoms with Crippen molar-refractivity contribution in [2.45, 2.75) is 51.7 Å². The van der Waals surface area contributed by atoms with Gasteiger partial charge in [0, 0.05) is 37.7 Å². The van der Waals surface area contributed by atoms with Gasteiger partial charge in [-0.15, -0.1) is 11.3 Å². The minimum atomic E-state index is -0.0806. The molecule has 0 aliphatic carbocycles. The fraction of sp³-hybridized carbons (Fsp3) is 0.579. The quantitative estimate of drug-likeness (QED) is 0.871. The summed E-state index contributed by atoms with van der Waals surface area (Å²) in [5.74, 6) is 1.78. The molecule has 1 aliphatic rings. The number of aromatic nitrogens is 2. The number of methoxy groups -OCH3 is 1. The van der Waals surface area contributed by atoms with E-state index in [-0.39, 0.29) is 5.41 Å². The van der Waals surface area contributed by atoms with Crippen molar-refractivity contribution in [3.8, 4) is 0 Å². The summed E-state index contributed by atoms with van der Waals surface area (Å²) in [4.78, 5) is 11.9. The minimum Gasteiger partial charge on any atom is -0.378 e. The standard InChI is InChI=1S/C19H28N4OS/c1-19(2,3)18-21-15(13-24-4)12-16(22-18)20-14-7-9-23(10-8-14)17-6-5-11-25-17/h5-6,11-12,14H,7-10,13H2,1-4H3,(H,20,21,22). The summed E-state index contributed by atoms with van der Waals surface area (Å²) < 4.78 is 5.27. The maximum Gasteiger partial charge on any atom is 0.136 e. The molecule has 136 valence electrons. The molecule has 1 fully saturated rings. The monoisotopic (exact) mass is 360 g/mol. The maximum absolute atomic E-state index is 5.27. The third kappa shape index (κ3) is 4.70. The number of hydrogen-bond donors (Lipinski definition) is 1. The topological polar surface area (TPSA) is 50.3 Å². The molecule has 1 aliphatic heterocycles. The Morgan fingerprint density at radius 1 is 1.28 bits per heavy atom. The molecule has 2 aromatic heterocycles. The minimum absolute atomic E-state index is 0.0806. The fourth-order valence-corrected chi connectivity index (χ4v) is 3.82. The van der Waals surface area contributed by atoms with Crippen LogP contribution in [0, 0.1) is 0 Å². The normalized spacial score (nSPS) is 16.2. The highest BCUT2D eigenvalue weighted by Crippen LogP contribution is 2.26. The Hall–Kier alpha value is -1.66. The van der Waals surface area contributed by atoms with Crippen molar-refractivity contribution in [3.63, 3.8) is 0 Å². The highest BCUT2D eigenvalue weighted by Gasteiger charge is 2.22.